The Kier molecular flexibility index (Phi) is 5.48. The highest BCUT2D eigenvalue weighted by atomic mass is 32.1. The van der Waals surface area contributed by atoms with Gasteiger partial charge < -0.3 is 5.32 Å². The highest BCUT2D eigenvalue weighted by molar-refractivity contribution is 7.10. The van der Waals surface area contributed by atoms with E-state index in [4.69, 9.17) is 0 Å². The second kappa shape index (κ2) is 9.15. The average molecular weight is 516 g/mol. The summed E-state index contributed by atoms with van der Waals surface area (Å²) in [6, 6.07) is 32.2. The minimum Gasteiger partial charge on any atom is -0.343 e. The number of ketones is 1. The number of para-hydroxylation sites is 1. The molecule has 3 heterocycles. The lowest BCUT2D eigenvalue weighted by Gasteiger charge is -2.34. The van der Waals surface area contributed by atoms with Crippen LogP contribution in [0, 0.1) is 0 Å². The lowest BCUT2D eigenvalue weighted by Crippen LogP contribution is -2.31. The third-order valence-corrected chi connectivity index (χ3v) is 8.63. The van der Waals surface area contributed by atoms with Crippen molar-refractivity contribution in [2.24, 2.45) is 0 Å². The van der Waals surface area contributed by atoms with E-state index in [0.29, 0.717) is 23.4 Å². The maximum atomic E-state index is 13.9. The third kappa shape index (κ3) is 3.76. The molecule has 0 saturated carbocycles. The first-order valence-electron chi connectivity index (χ1n) is 12.8. The number of allylic oxidation sites excluding steroid dienone is 2. The van der Waals surface area contributed by atoms with Gasteiger partial charge in [0.2, 0.25) is 0 Å². The third-order valence-electron chi connectivity index (χ3n) is 7.60. The molecule has 0 saturated heterocycles. The van der Waals surface area contributed by atoms with Crippen LogP contribution in [0.25, 0.3) is 16.8 Å². The summed E-state index contributed by atoms with van der Waals surface area (Å²) < 4.78 is 1.57. The Bertz CT molecular complexity index is 1710. The molecule has 0 amide bonds. The van der Waals surface area contributed by atoms with Gasteiger partial charge in [-0.05, 0) is 46.7 Å². The van der Waals surface area contributed by atoms with Crippen LogP contribution in [0.2, 0.25) is 0 Å². The molecule has 3 aromatic carbocycles. The Labute approximate surface area is 224 Å². The van der Waals surface area contributed by atoms with Crippen LogP contribution in [-0.2, 0) is 4.79 Å². The van der Waals surface area contributed by atoms with Crippen LogP contribution in [0.4, 0.5) is 5.82 Å². The molecule has 0 radical (unpaired) electrons. The number of hydrogen-bond acceptors (Lipinski definition) is 4. The smallest absolute Gasteiger partial charge is 0.277 e. The Morgan fingerprint density at radius 1 is 0.763 bits per heavy atom. The SMILES string of the molecule is O=C1C[C@@H](c2cccs2)CC2=C1[C@H](c1ccc(-c3ccccc3)cc1)c1c([nH]n(-c3ccccc3)c1=O)N2. The zero-order valence-corrected chi connectivity index (χ0v) is 21.4. The molecule has 186 valence electrons. The molecule has 2 aromatic heterocycles. The lowest BCUT2D eigenvalue weighted by molar-refractivity contribution is -0.116. The summed E-state index contributed by atoms with van der Waals surface area (Å²) in [6.45, 7) is 0. The standard InChI is InChI=1S/C32H25N3O2S/c36-26-19-23(27-12-7-17-38-27)18-25-29(26)28(22-15-13-21(14-16-22)20-8-3-1-4-9-20)30-31(33-25)34-35(32(30)37)24-10-5-2-6-11-24/h1-17,23,28,33-34H,18-19H2/t23-,28-/m0/s1. The van der Waals surface area contributed by atoms with Crippen molar-refractivity contribution < 1.29 is 4.79 Å². The molecule has 2 atom stereocenters. The van der Waals surface area contributed by atoms with Gasteiger partial charge in [0.25, 0.3) is 5.56 Å². The molecular weight excluding hydrogens is 490 g/mol. The van der Waals surface area contributed by atoms with E-state index in [1.807, 2.05) is 54.6 Å². The molecule has 0 unspecified atom stereocenters. The van der Waals surface area contributed by atoms with E-state index >= 15 is 0 Å². The molecule has 1 aliphatic heterocycles. The van der Waals surface area contributed by atoms with Crippen molar-refractivity contribution in [3.8, 4) is 16.8 Å². The van der Waals surface area contributed by atoms with Crippen molar-refractivity contribution in [3.63, 3.8) is 0 Å². The molecule has 6 heteroatoms. The summed E-state index contributed by atoms with van der Waals surface area (Å²) in [5.74, 6) is 0.470. The van der Waals surface area contributed by atoms with Crippen LogP contribution >= 0.6 is 11.3 Å². The van der Waals surface area contributed by atoms with Crippen LogP contribution in [0.1, 0.15) is 40.7 Å². The van der Waals surface area contributed by atoms with Gasteiger partial charge in [0.05, 0.1) is 11.3 Å². The molecule has 0 bridgehead atoms. The van der Waals surface area contributed by atoms with Gasteiger partial charge in [0, 0.05) is 34.4 Å². The van der Waals surface area contributed by atoms with Crippen LogP contribution in [0.15, 0.2) is 119 Å². The predicted octanol–water partition coefficient (Wildman–Crippen LogP) is 6.85. The van der Waals surface area contributed by atoms with Gasteiger partial charge in [-0.15, -0.1) is 11.3 Å². The number of anilines is 1. The molecule has 2 N–H and O–H groups in total. The molecule has 0 spiro atoms. The van der Waals surface area contributed by atoms with E-state index in [9.17, 15) is 9.59 Å². The quantitative estimate of drug-likeness (QED) is 0.275. The van der Waals surface area contributed by atoms with Gasteiger partial charge in [0.1, 0.15) is 5.82 Å². The molecular formula is C32H25N3O2S. The zero-order chi connectivity index (χ0) is 25.6. The Morgan fingerprint density at radius 3 is 2.18 bits per heavy atom. The minimum atomic E-state index is -0.434. The van der Waals surface area contributed by atoms with E-state index < -0.39 is 5.92 Å². The van der Waals surface area contributed by atoms with Crippen molar-refractivity contribution in [2.75, 3.05) is 5.32 Å². The van der Waals surface area contributed by atoms with Gasteiger partial charge >= 0.3 is 0 Å². The van der Waals surface area contributed by atoms with Crippen LogP contribution < -0.4 is 10.9 Å². The number of hydrogen-bond donors (Lipinski definition) is 2. The molecule has 1 aliphatic carbocycles. The number of aromatic amines is 1. The average Bonchev–Trinajstić information content (AvgIpc) is 3.62. The van der Waals surface area contributed by atoms with Crippen molar-refractivity contribution >= 4 is 22.9 Å². The normalized spacial score (nSPS) is 18.6. The Balaban J connectivity index is 1.37. The summed E-state index contributed by atoms with van der Waals surface area (Å²) in [7, 11) is 0. The molecule has 38 heavy (non-hydrogen) atoms. The summed E-state index contributed by atoms with van der Waals surface area (Å²) >= 11 is 1.69. The molecule has 0 fully saturated rings. The first-order chi connectivity index (χ1) is 18.7. The fourth-order valence-corrected chi connectivity index (χ4v) is 6.64. The summed E-state index contributed by atoms with van der Waals surface area (Å²) in [6.07, 6.45) is 1.18. The Morgan fingerprint density at radius 2 is 1.47 bits per heavy atom. The van der Waals surface area contributed by atoms with Crippen molar-refractivity contribution in [1.29, 1.82) is 0 Å². The monoisotopic (exact) mass is 515 g/mol. The Hall–Kier alpha value is -4.42. The number of H-pyrrole nitrogens is 1. The largest absolute Gasteiger partial charge is 0.343 e. The topological polar surface area (TPSA) is 66.9 Å². The number of fused-ring (bicyclic) bond motifs is 1. The summed E-state index contributed by atoms with van der Waals surface area (Å²) in [4.78, 5) is 28.9. The molecule has 2 aliphatic rings. The van der Waals surface area contributed by atoms with E-state index in [1.54, 1.807) is 16.0 Å². The highest BCUT2D eigenvalue weighted by Crippen LogP contribution is 2.47. The summed E-state index contributed by atoms with van der Waals surface area (Å²) in [5.41, 5.74) is 6.00. The van der Waals surface area contributed by atoms with Gasteiger partial charge in [-0.1, -0.05) is 78.9 Å². The fraction of sp³-hybridized carbons (Fsp3) is 0.125. The second-order valence-electron chi connectivity index (χ2n) is 9.86. The zero-order valence-electron chi connectivity index (χ0n) is 20.6. The van der Waals surface area contributed by atoms with Gasteiger partial charge in [-0.25, -0.2) is 4.68 Å². The number of nitrogens with one attached hydrogen (secondary N) is 2. The van der Waals surface area contributed by atoms with Gasteiger partial charge in [-0.2, -0.15) is 0 Å². The minimum absolute atomic E-state index is 0.104. The number of benzene rings is 3. The number of rotatable bonds is 4. The molecule has 5 aromatic rings. The van der Waals surface area contributed by atoms with Gasteiger partial charge in [-0.3, -0.25) is 14.7 Å². The number of carbonyl (C=O) groups is 1. The maximum absolute atomic E-state index is 13.9. The van der Waals surface area contributed by atoms with E-state index in [1.165, 1.54) is 4.88 Å². The fourth-order valence-electron chi connectivity index (χ4n) is 5.81. The van der Waals surface area contributed by atoms with Crippen LogP contribution in [0.3, 0.4) is 0 Å². The molecule has 5 nitrogen and oxygen atoms in total. The lowest BCUT2D eigenvalue weighted by atomic mass is 9.74. The maximum Gasteiger partial charge on any atom is 0.277 e. The van der Waals surface area contributed by atoms with Crippen molar-refractivity contribution in [3.05, 3.63) is 140 Å². The van der Waals surface area contributed by atoms with Gasteiger partial charge in [0.15, 0.2) is 5.78 Å². The van der Waals surface area contributed by atoms with E-state index in [0.717, 1.165) is 34.5 Å². The second-order valence-corrected chi connectivity index (χ2v) is 10.8. The van der Waals surface area contributed by atoms with Crippen molar-refractivity contribution in [2.45, 2.75) is 24.7 Å². The number of nitrogens with zero attached hydrogens (tertiary/aromatic N) is 1. The first kappa shape index (κ1) is 22.8. The van der Waals surface area contributed by atoms with Crippen molar-refractivity contribution in [1.82, 2.24) is 9.78 Å². The van der Waals surface area contributed by atoms with E-state index in [2.05, 4.69) is 58.3 Å². The number of carbonyl (C=O) groups excluding carboxylic acids is 1. The molecule has 7 rings (SSSR count). The van der Waals surface area contributed by atoms with Crippen LogP contribution in [-0.4, -0.2) is 15.6 Å². The predicted molar refractivity (Wildman–Crippen MR) is 152 cm³/mol. The highest BCUT2D eigenvalue weighted by Gasteiger charge is 2.41. The van der Waals surface area contributed by atoms with E-state index in [-0.39, 0.29) is 17.3 Å². The van der Waals surface area contributed by atoms with Crippen LogP contribution in [0.5, 0.6) is 0 Å². The number of aromatic nitrogens is 2. The number of Topliss-reactive ketones (excluding diaryl/α,β-unsaturated/α-hetero) is 1. The summed E-state index contributed by atoms with van der Waals surface area (Å²) in [5, 5.41) is 8.84. The first-order valence-corrected chi connectivity index (χ1v) is 13.7. The number of thiophene rings is 1.